The number of carbonyl (C=O) groups excluding carboxylic acids is 1. The first-order chi connectivity index (χ1) is 13.2. The average molecular weight is 401 g/mol. The zero-order valence-corrected chi connectivity index (χ0v) is 17.8. The Morgan fingerprint density at radius 2 is 2.04 bits per heavy atom. The summed E-state index contributed by atoms with van der Waals surface area (Å²) in [6.45, 7) is 8.66. The summed E-state index contributed by atoms with van der Waals surface area (Å²) >= 11 is -1.17. The summed E-state index contributed by atoms with van der Waals surface area (Å²) in [5, 5.41) is 4.81. The number of rotatable bonds is 5. The molecular weight excluding hydrogens is 372 g/mol. The first kappa shape index (κ1) is 18.5. The van der Waals surface area contributed by atoms with Gasteiger partial charge in [-0.25, -0.2) is 4.52 Å². The molecule has 2 aliphatic carbocycles. The lowest BCUT2D eigenvalue weighted by atomic mass is 10.1. The molecule has 1 N–H and O–H groups in total. The lowest BCUT2D eigenvalue weighted by molar-refractivity contribution is -0.118. The second kappa shape index (κ2) is 6.21. The fourth-order valence-electron chi connectivity index (χ4n) is 4.06. The highest BCUT2D eigenvalue weighted by molar-refractivity contribution is 7.90. The lowest BCUT2D eigenvalue weighted by Gasteiger charge is -2.25. The van der Waals surface area contributed by atoms with Gasteiger partial charge in [-0.3, -0.25) is 9.69 Å². The molecule has 28 heavy (non-hydrogen) atoms. The molecule has 0 radical (unpaired) electrons. The predicted octanol–water partition coefficient (Wildman–Crippen LogP) is 3.31. The molecule has 1 saturated heterocycles. The maximum Gasteiger partial charge on any atom is 0.231 e. The summed E-state index contributed by atoms with van der Waals surface area (Å²) < 4.78 is 17.2. The van der Waals surface area contributed by atoms with E-state index in [1.807, 2.05) is 37.1 Å². The topological polar surface area (TPSA) is 72.7 Å². The standard InChI is InChI=1S/C21H28N4O2S/c1-12(23-28(27)21(2,3)4)18-10-16-7-14(13-5-6-13)9-19(25(16)22-18)24-11-15-8-17(15)20(24)26/h7,9-10,12-13,15,17,23H,5-6,8,11H2,1-4H3/t12-,15?,17?,28-/m1/s1. The molecule has 7 heteroatoms. The van der Waals surface area contributed by atoms with Crippen LogP contribution in [-0.4, -0.2) is 31.4 Å². The summed E-state index contributed by atoms with van der Waals surface area (Å²) in [6.07, 6.45) is 3.49. The largest absolute Gasteiger partial charge is 0.598 e. The van der Waals surface area contributed by atoms with Gasteiger partial charge in [0, 0.05) is 23.8 Å². The molecule has 1 amide bonds. The summed E-state index contributed by atoms with van der Waals surface area (Å²) in [6, 6.07) is 6.29. The van der Waals surface area contributed by atoms with Crippen LogP contribution in [0.5, 0.6) is 0 Å². The van der Waals surface area contributed by atoms with Crippen molar-refractivity contribution in [1.29, 1.82) is 0 Å². The van der Waals surface area contributed by atoms with Crippen LogP contribution >= 0.6 is 0 Å². The smallest absolute Gasteiger partial charge is 0.231 e. The summed E-state index contributed by atoms with van der Waals surface area (Å²) in [5.41, 5.74) is 3.17. The van der Waals surface area contributed by atoms with Gasteiger partial charge in [-0.2, -0.15) is 5.10 Å². The van der Waals surface area contributed by atoms with Gasteiger partial charge in [0.15, 0.2) is 0 Å². The van der Waals surface area contributed by atoms with Gasteiger partial charge in [0.2, 0.25) is 5.91 Å². The molecule has 3 heterocycles. The van der Waals surface area contributed by atoms with Crippen molar-refractivity contribution in [2.45, 2.75) is 63.7 Å². The Kier molecular flexibility index (Phi) is 4.09. The van der Waals surface area contributed by atoms with E-state index >= 15 is 0 Å². The number of hydrogen-bond donors (Lipinski definition) is 1. The van der Waals surface area contributed by atoms with Gasteiger partial charge in [-0.05, 0) is 82.6 Å². The summed E-state index contributed by atoms with van der Waals surface area (Å²) in [5.74, 6) is 2.50. The normalized spacial score (nSPS) is 26.6. The van der Waals surface area contributed by atoms with E-state index in [4.69, 9.17) is 5.10 Å². The van der Waals surface area contributed by atoms with E-state index in [0.29, 0.717) is 11.8 Å². The monoisotopic (exact) mass is 400 g/mol. The van der Waals surface area contributed by atoms with Crippen molar-refractivity contribution in [2.24, 2.45) is 11.8 Å². The third kappa shape index (κ3) is 3.13. The molecule has 0 bridgehead atoms. The highest BCUT2D eigenvalue weighted by atomic mass is 32.2. The molecule has 150 valence electrons. The van der Waals surface area contributed by atoms with Crippen LogP contribution in [0.1, 0.15) is 70.2 Å². The van der Waals surface area contributed by atoms with Crippen LogP contribution in [0, 0.1) is 11.8 Å². The van der Waals surface area contributed by atoms with Gasteiger partial charge in [-0.15, -0.1) is 4.72 Å². The van der Waals surface area contributed by atoms with Crippen LogP contribution in [0.15, 0.2) is 18.2 Å². The number of pyridine rings is 1. The predicted molar refractivity (Wildman–Crippen MR) is 111 cm³/mol. The van der Waals surface area contributed by atoms with Crippen molar-refractivity contribution < 1.29 is 9.35 Å². The van der Waals surface area contributed by atoms with E-state index in [1.54, 1.807) is 0 Å². The molecule has 1 aliphatic heterocycles. The number of fused-ring (bicyclic) bond motifs is 2. The molecule has 2 aromatic rings. The second-order valence-corrected chi connectivity index (χ2v) is 11.6. The minimum Gasteiger partial charge on any atom is -0.598 e. The highest BCUT2D eigenvalue weighted by Gasteiger charge is 2.53. The average Bonchev–Trinajstić information content (AvgIpc) is 3.53. The number of anilines is 1. The fourth-order valence-corrected chi connectivity index (χ4v) is 4.86. The first-order valence-corrected chi connectivity index (χ1v) is 11.4. The molecular formula is C21H28N4O2S. The Hall–Kier alpha value is -1.57. The maximum absolute atomic E-state index is 12.7. The Balaban J connectivity index is 1.51. The first-order valence-electron chi connectivity index (χ1n) is 10.3. The van der Waals surface area contributed by atoms with Crippen LogP contribution in [0.3, 0.4) is 0 Å². The number of nitrogens with one attached hydrogen (secondary N) is 1. The summed E-state index contributed by atoms with van der Waals surface area (Å²) in [4.78, 5) is 14.6. The fraction of sp³-hybridized carbons (Fsp3) is 0.619. The zero-order valence-electron chi connectivity index (χ0n) is 16.9. The second-order valence-electron chi connectivity index (χ2n) is 9.60. The minimum atomic E-state index is -1.17. The van der Waals surface area contributed by atoms with Crippen LogP contribution in [0.4, 0.5) is 5.82 Å². The van der Waals surface area contributed by atoms with Crippen molar-refractivity contribution >= 4 is 28.6 Å². The van der Waals surface area contributed by atoms with Crippen LogP contribution in [-0.2, 0) is 16.2 Å². The van der Waals surface area contributed by atoms with Crippen LogP contribution in [0.25, 0.3) is 5.52 Å². The minimum absolute atomic E-state index is 0.139. The van der Waals surface area contributed by atoms with Crippen molar-refractivity contribution in [3.63, 3.8) is 0 Å². The zero-order chi connectivity index (χ0) is 19.8. The SMILES string of the molecule is C[C@@H](N[S@+]([O-])C(C)(C)C)c1cc2cc(C3CC3)cc(N3CC4CC4C3=O)n2n1. The molecule has 2 aromatic heterocycles. The van der Waals surface area contributed by atoms with Gasteiger partial charge in [0.1, 0.15) is 10.6 Å². The Morgan fingerprint density at radius 1 is 1.29 bits per heavy atom. The Bertz CT molecular complexity index is 946. The van der Waals surface area contributed by atoms with Gasteiger partial charge < -0.3 is 4.55 Å². The number of carbonyl (C=O) groups is 1. The third-order valence-electron chi connectivity index (χ3n) is 6.11. The van der Waals surface area contributed by atoms with Crippen molar-refractivity contribution in [3.8, 4) is 0 Å². The Morgan fingerprint density at radius 3 is 2.64 bits per heavy atom. The van der Waals surface area contributed by atoms with Gasteiger partial charge in [0.05, 0.1) is 17.3 Å². The number of aromatic nitrogens is 2. The third-order valence-corrected chi connectivity index (χ3v) is 7.79. The molecule has 6 nitrogen and oxygen atoms in total. The number of amides is 1. The van der Waals surface area contributed by atoms with Gasteiger partial charge >= 0.3 is 0 Å². The summed E-state index contributed by atoms with van der Waals surface area (Å²) in [7, 11) is 0. The molecule has 3 fully saturated rings. The van der Waals surface area contributed by atoms with Crippen molar-refractivity contribution in [2.75, 3.05) is 11.4 Å². The molecule has 3 aliphatic rings. The van der Waals surface area contributed by atoms with E-state index in [2.05, 4.69) is 22.9 Å². The molecule has 2 saturated carbocycles. The van der Waals surface area contributed by atoms with Crippen molar-refractivity contribution in [1.82, 2.24) is 14.3 Å². The van der Waals surface area contributed by atoms with Crippen LogP contribution in [0.2, 0.25) is 0 Å². The quantitative estimate of drug-likeness (QED) is 0.782. The van der Waals surface area contributed by atoms with E-state index < -0.39 is 11.4 Å². The number of nitrogens with zero attached hydrogens (tertiary/aromatic N) is 3. The number of hydrogen-bond acceptors (Lipinski definition) is 4. The van der Waals surface area contributed by atoms with Crippen molar-refractivity contribution in [3.05, 3.63) is 29.5 Å². The van der Waals surface area contributed by atoms with Crippen LogP contribution < -0.4 is 9.62 Å². The lowest BCUT2D eigenvalue weighted by Crippen LogP contribution is -2.40. The van der Waals surface area contributed by atoms with E-state index in [0.717, 1.165) is 30.0 Å². The maximum atomic E-state index is 12.7. The molecule has 4 atom stereocenters. The van der Waals surface area contributed by atoms with Gasteiger partial charge in [-0.1, -0.05) is 0 Å². The Labute approximate surface area is 169 Å². The highest BCUT2D eigenvalue weighted by Crippen LogP contribution is 2.48. The molecule has 0 spiro atoms. The van der Waals surface area contributed by atoms with E-state index in [1.165, 1.54) is 18.4 Å². The van der Waals surface area contributed by atoms with Gasteiger partial charge in [0.25, 0.3) is 0 Å². The van der Waals surface area contributed by atoms with E-state index in [-0.39, 0.29) is 22.6 Å². The molecule has 2 unspecified atom stereocenters. The molecule has 5 rings (SSSR count). The molecule has 0 aromatic carbocycles. The van der Waals surface area contributed by atoms with E-state index in [9.17, 15) is 9.35 Å². The number of piperidine rings is 1.